The van der Waals surface area contributed by atoms with E-state index in [1.54, 1.807) is 36.4 Å². The van der Waals surface area contributed by atoms with Crippen molar-refractivity contribution in [2.75, 3.05) is 5.01 Å². The molecule has 0 bridgehead atoms. The highest BCUT2D eigenvalue weighted by atomic mass is 35.5. The number of allylic oxidation sites excluding steroid dienone is 1. The van der Waals surface area contributed by atoms with Gasteiger partial charge in [0.15, 0.2) is 0 Å². The number of aryl methyl sites for hydroxylation is 1. The van der Waals surface area contributed by atoms with Gasteiger partial charge in [0.2, 0.25) is 5.91 Å². The van der Waals surface area contributed by atoms with Crippen LogP contribution in [0.15, 0.2) is 66.7 Å². The molecule has 3 rings (SSSR count). The van der Waals surface area contributed by atoms with Gasteiger partial charge in [0.1, 0.15) is 0 Å². The standard InChI is InChI=1S/C25H21Cl2N3O/c1-17-12-23(30(18(2)31)29-16-19-6-4-3-5-7-19)14-25(27)24(17)13-21(15-28)20-8-10-22(26)11-9-20/h3-14,29H,16H2,1-2H3/b21-13-. The third-order valence-corrected chi connectivity index (χ3v) is 5.31. The number of amides is 1. The van der Waals surface area contributed by atoms with Gasteiger partial charge in [0, 0.05) is 18.5 Å². The lowest BCUT2D eigenvalue weighted by Gasteiger charge is -2.23. The van der Waals surface area contributed by atoms with E-state index < -0.39 is 0 Å². The summed E-state index contributed by atoms with van der Waals surface area (Å²) in [6.07, 6.45) is 1.75. The number of hydrogen-bond donors (Lipinski definition) is 1. The van der Waals surface area contributed by atoms with Gasteiger partial charge in [-0.05, 0) is 59.5 Å². The highest BCUT2D eigenvalue weighted by Gasteiger charge is 2.15. The fourth-order valence-corrected chi connectivity index (χ4v) is 3.60. The molecule has 3 aromatic rings. The van der Waals surface area contributed by atoms with E-state index in [1.807, 2.05) is 43.3 Å². The minimum atomic E-state index is -0.159. The zero-order chi connectivity index (χ0) is 22.4. The molecule has 4 nitrogen and oxygen atoms in total. The van der Waals surface area contributed by atoms with E-state index in [9.17, 15) is 10.1 Å². The molecule has 0 atom stereocenters. The van der Waals surface area contributed by atoms with E-state index in [4.69, 9.17) is 23.2 Å². The van der Waals surface area contributed by atoms with E-state index in [0.717, 1.165) is 22.3 Å². The monoisotopic (exact) mass is 449 g/mol. The van der Waals surface area contributed by atoms with Crippen molar-refractivity contribution >= 4 is 46.4 Å². The fourth-order valence-electron chi connectivity index (χ4n) is 3.15. The third kappa shape index (κ3) is 5.74. The molecular formula is C25H21Cl2N3O. The maximum atomic E-state index is 12.3. The number of rotatable bonds is 6. The second-order valence-electron chi connectivity index (χ2n) is 7.01. The number of hydrazine groups is 1. The van der Waals surface area contributed by atoms with Crippen LogP contribution in [0.5, 0.6) is 0 Å². The summed E-state index contributed by atoms with van der Waals surface area (Å²) in [6, 6.07) is 22.7. The topological polar surface area (TPSA) is 56.1 Å². The first kappa shape index (κ1) is 22.6. The number of anilines is 1. The summed E-state index contributed by atoms with van der Waals surface area (Å²) >= 11 is 12.5. The highest BCUT2D eigenvalue weighted by Crippen LogP contribution is 2.30. The minimum absolute atomic E-state index is 0.159. The lowest BCUT2D eigenvalue weighted by atomic mass is 10.0. The van der Waals surface area contributed by atoms with Crippen LogP contribution in [0.4, 0.5) is 5.69 Å². The average molecular weight is 450 g/mol. The van der Waals surface area contributed by atoms with Gasteiger partial charge in [-0.15, -0.1) is 0 Å². The van der Waals surface area contributed by atoms with E-state index >= 15 is 0 Å². The maximum absolute atomic E-state index is 12.3. The predicted octanol–water partition coefficient (Wildman–Crippen LogP) is 6.42. The second-order valence-corrected chi connectivity index (χ2v) is 7.85. The molecule has 0 aliphatic rings. The summed E-state index contributed by atoms with van der Waals surface area (Å²) in [5, 5.41) is 12.2. The minimum Gasteiger partial charge on any atom is -0.273 e. The number of halogens is 2. The molecule has 0 saturated carbocycles. The number of nitrogens with zero attached hydrogens (tertiary/aromatic N) is 2. The summed E-state index contributed by atoms with van der Waals surface area (Å²) in [4.78, 5) is 12.3. The van der Waals surface area contributed by atoms with Crippen LogP contribution in [-0.4, -0.2) is 5.91 Å². The van der Waals surface area contributed by atoms with Crippen LogP contribution in [0.2, 0.25) is 10.0 Å². The third-order valence-electron chi connectivity index (χ3n) is 4.74. The van der Waals surface area contributed by atoms with Crippen molar-refractivity contribution in [2.24, 2.45) is 0 Å². The van der Waals surface area contributed by atoms with Crippen molar-refractivity contribution in [2.45, 2.75) is 20.4 Å². The fraction of sp³-hybridized carbons (Fsp3) is 0.120. The Bertz CT molecular complexity index is 1130. The van der Waals surface area contributed by atoms with Crippen molar-refractivity contribution < 1.29 is 4.79 Å². The SMILES string of the molecule is CC(=O)N(NCc1ccccc1)c1cc(C)c(/C=C(/C#N)c2ccc(Cl)cc2)c(Cl)c1. The van der Waals surface area contributed by atoms with Crippen LogP contribution in [0, 0.1) is 18.3 Å². The molecule has 1 N–H and O–H groups in total. The van der Waals surface area contributed by atoms with E-state index in [-0.39, 0.29) is 5.91 Å². The second kappa shape index (κ2) is 10.3. The summed E-state index contributed by atoms with van der Waals surface area (Å²) in [7, 11) is 0. The Morgan fingerprint density at radius 3 is 2.35 bits per heavy atom. The molecule has 0 spiro atoms. The number of carbonyl (C=O) groups excluding carboxylic acids is 1. The molecule has 0 aliphatic carbocycles. The molecule has 31 heavy (non-hydrogen) atoms. The molecule has 3 aromatic carbocycles. The molecule has 0 unspecified atom stereocenters. The predicted molar refractivity (Wildman–Crippen MR) is 128 cm³/mol. The average Bonchev–Trinajstić information content (AvgIpc) is 2.75. The molecule has 0 fully saturated rings. The van der Waals surface area contributed by atoms with Crippen LogP contribution in [0.3, 0.4) is 0 Å². The first-order valence-electron chi connectivity index (χ1n) is 9.65. The van der Waals surface area contributed by atoms with Crippen molar-refractivity contribution in [3.63, 3.8) is 0 Å². The number of nitriles is 1. The summed E-state index contributed by atoms with van der Waals surface area (Å²) in [5.74, 6) is -0.159. The van der Waals surface area contributed by atoms with Gasteiger partial charge in [0.25, 0.3) is 0 Å². The summed E-state index contributed by atoms with van der Waals surface area (Å²) in [6.45, 7) is 3.88. The Labute approximate surface area is 192 Å². The van der Waals surface area contributed by atoms with Crippen LogP contribution in [0.25, 0.3) is 11.6 Å². The van der Waals surface area contributed by atoms with E-state index in [1.165, 1.54) is 11.9 Å². The summed E-state index contributed by atoms with van der Waals surface area (Å²) < 4.78 is 0. The Hall–Kier alpha value is -3.10. The number of benzene rings is 3. The molecule has 0 aliphatic heterocycles. The molecule has 0 saturated heterocycles. The van der Waals surface area contributed by atoms with Crippen LogP contribution in [0.1, 0.15) is 29.2 Å². The zero-order valence-corrected chi connectivity index (χ0v) is 18.7. The first-order chi connectivity index (χ1) is 14.9. The first-order valence-corrected chi connectivity index (χ1v) is 10.4. The molecule has 0 aromatic heterocycles. The van der Waals surface area contributed by atoms with E-state index in [0.29, 0.717) is 27.9 Å². The lowest BCUT2D eigenvalue weighted by Crippen LogP contribution is -2.41. The zero-order valence-electron chi connectivity index (χ0n) is 17.2. The van der Waals surface area contributed by atoms with Gasteiger partial charge in [0.05, 0.1) is 22.4 Å². The molecule has 0 radical (unpaired) electrons. The molecular weight excluding hydrogens is 429 g/mol. The van der Waals surface area contributed by atoms with E-state index in [2.05, 4.69) is 11.5 Å². The van der Waals surface area contributed by atoms with Crippen LogP contribution in [-0.2, 0) is 11.3 Å². The lowest BCUT2D eigenvalue weighted by molar-refractivity contribution is -0.117. The number of nitrogens with one attached hydrogen (secondary N) is 1. The molecule has 156 valence electrons. The largest absolute Gasteiger partial charge is 0.273 e. The van der Waals surface area contributed by atoms with Crippen molar-refractivity contribution in [1.29, 1.82) is 5.26 Å². The Morgan fingerprint density at radius 1 is 1.10 bits per heavy atom. The van der Waals surface area contributed by atoms with Gasteiger partial charge in [-0.2, -0.15) is 5.26 Å². The Balaban J connectivity index is 1.91. The Morgan fingerprint density at radius 2 is 1.77 bits per heavy atom. The van der Waals surface area contributed by atoms with Gasteiger partial charge >= 0.3 is 0 Å². The van der Waals surface area contributed by atoms with Crippen molar-refractivity contribution in [3.05, 3.63) is 99.0 Å². The van der Waals surface area contributed by atoms with Crippen LogP contribution < -0.4 is 10.4 Å². The number of carbonyl (C=O) groups is 1. The molecule has 0 heterocycles. The van der Waals surface area contributed by atoms with Crippen molar-refractivity contribution in [3.8, 4) is 6.07 Å². The molecule has 6 heteroatoms. The van der Waals surface area contributed by atoms with Gasteiger partial charge in [-0.25, -0.2) is 10.4 Å². The molecule has 1 amide bonds. The number of hydrogen-bond acceptors (Lipinski definition) is 3. The Kier molecular flexibility index (Phi) is 7.49. The summed E-state index contributed by atoms with van der Waals surface area (Å²) in [5.41, 5.74) is 7.63. The maximum Gasteiger partial charge on any atom is 0.238 e. The normalized spacial score (nSPS) is 11.1. The van der Waals surface area contributed by atoms with Gasteiger partial charge in [-0.1, -0.05) is 65.7 Å². The van der Waals surface area contributed by atoms with Crippen LogP contribution >= 0.6 is 23.2 Å². The smallest absolute Gasteiger partial charge is 0.238 e. The van der Waals surface area contributed by atoms with Gasteiger partial charge in [-0.3, -0.25) is 4.79 Å². The quantitative estimate of drug-likeness (QED) is 0.268. The van der Waals surface area contributed by atoms with Gasteiger partial charge < -0.3 is 0 Å². The van der Waals surface area contributed by atoms with Crippen molar-refractivity contribution in [1.82, 2.24) is 5.43 Å². The highest BCUT2D eigenvalue weighted by molar-refractivity contribution is 6.33.